The molecule has 2 aromatic heterocycles. The maximum absolute atomic E-state index is 5.74. The molecule has 4 rings (SSSR count). The molecule has 5 heteroatoms. The highest BCUT2D eigenvalue weighted by molar-refractivity contribution is 7.80. The van der Waals surface area contributed by atoms with Gasteiger partial charge in [-0.2, -0.15) is 0 Å². The summed E-state index contributed by atoms with van der Waals surface area (Å²) in [5.74, 6) is 0. The summed E-state index contributed by atoms with van der Waals surface area (Å²) < 4.78 is 0. The van der Waals surface area contributed by atoms with Gasteiger partial charge in [-0.25, -0.2) is 0 Å². The van der Waals surface area contributed by atoms with E-state index in [0.29, 0.717) is 6.04 Å². The molecule has 0 aromatic carbocycles. The van der Waals surface area contributed by atoms with E-state index in [1.807, 2.05) is 23.6 Å². The highest BCUT2D eigenvalue weighted by Crippen LogP contribution is 2.43. The van der Waals surface area contributed by atoms with Gasteiger partial charge in [0.15, 0.2) is 5.11 Å². The average Bonchev–Trinajstić information content (AvgIpc) is 3.24. The maximum Gasteiger partial charge on any atom is 0.170 e. The van der Waals surface area contributed by atoms with Crippen LogP contribution in [0.25, 0.3) is 0 Å². The van der Waals surface area contributed by atoms with Crippen LogP contribution in [0.4, 0.5) is 0 Å². The van der Waals surface area contributed by atoms with Crippen LogP contribution in [0.15, 0.2) is 41.9 Å². The molecule has 2 aromatic rings. The van der Waals surface area contributed by atoms with Gasteiger partial charge >= 0.3 is 0 Å². The van der Waals surface area contributed by atoms with Crippen LogP contribution in [-0.4, -0.2) is 21.0 Å². The average molecular weight is 344 g/mol. The number of thiophene rings is 1. The second-order valence-electron chi connectivity index (χ2n) is 6.34. The van der Waals surface area contributed by atoms with Crippen molar-refractivity contribution in [3.8, 4) is 0 Å². The lowest BCUT2D eigenvalue weighted by Crippen LogP contribution is -2.40. The Morgan fingerprint density at radius 1 is 1.13 bits per heavy atom. The molecule has 0 spiro atoms. The zero-order valence-electron chi connectivity index (χ0n) is 13.0. The minimum absolute atomic E-state index is 0.143. The molecule has 0 amide bonds. The quantitative estimate of drug-likeness (QED) is 0.834. The molecule has 1 saturated carbocycles. The van der Waals surface area contributed by atoms with Gasteiger partial charge in [-0.15, -0.1) is 11.3 Å². The third-order valence-corrected chi connectivity index (χ3v) is 6.21. The summed E-state index contributed by atoms with van der Waals surface area (Å²) in [6.45, 7) is 0. The fraction of sp³-hybridized carbons (Fsp3) is 0.444. The van der Waals surface area contributed by atoms with Crippen LogP contribution in [0.5, 0.6) is 0 Å². The predicted octanol–water partition coefficient (Wildman–Crippen LogP) is 4.45. The molecule has 0 bridgehead atoms. The highest BCUT2D eigenvalue weighted by atomic mass is 32.1. The minimum Gasteiger partial charge on any atom is -0.352 e. The molecule has 1 saturated heterocycles. The lowest BCUT2D eigenvalue weighted by molar-refractivity contribution is 0.199. The van der Waals surface area contributed by atoms with Gasteiger partial charge in [-0.3, -0.25) is 4.98 Å². The van der Waals surface area contributed by atoms with E-state index in [2.05, 4.69) is 44.8 Å². The summed E-state index contributed by atoms with van der Waals surface area (Å²) in [6, 6.07) is 11.5. The molecule has 120 valence electrons. The number of hydrogen-bond donors (Lipinski definition) is 1. The Kier molecular flexibility index (Phi) is 4.31. The van der Waals surface area contributed by atoms with Crippen molar-refractivity contribution in [3.63, 3.8) is 0 Å². The van der Waals surface area contributed by atoms with Gasteiger partial charge in [0.25, 0.3) is 0 Å². The van der Waals surface area contributed by atoms with Gasteiger partial charge in [-0.05, 0) is 48.6 Å². The molecule has 0 unspecified atom stereocenters. The van der Waals surface area contributed by atoms with Crippen LogP contribution in [0, 0.1) is 0 Å². The van der Waals surface area contributed by atoms with Gasteiger partial charge in [0.05, 0.1) is 17.8 Å². The largest absolute Gasteiger partial charge is 0.352 e. The first-order chi connectivity index (χ1) is 11.3. The second kappa shape index (κ2) is 6.57. The third-order valence-electron chi connectivity index (χ3n) is 4.94. The SMILES string of the molecule is S=C1N[C@@H](c2ccccn2)[C@H](c2cccs2)N1C1CCCCC1. The summed E-state index contributed by atoms with van der Waals surface area (Å²) >= 11 is 7.56. The van der Waals surface area contributed by atoms with Crippen LogP contribution in [0.3, 0.4) is 0 Å². The lowest BCUT2D eigenvalue weighted by Gasteiger charge is -2.36. The molecule has 1 aliphatic heterocycles. The van der Waals surface area contributed by atoms with Gasteiger partial charge in [0.1, 0.15) is 0 Å². The lowest BCUT2D eigenvalue weighted by atomic mass is 9.92. The van der Waals surface area contributed by atoms with E-state index < -0.39 is 0 Å². The van der Waals surface area contributed by atoms with Crippen LogP contribution in [0.1, 0.15) is 54.8 Å². The zero-order chi connectivity index (χ0) is 15.6. The Hall–Kier alpha value is -1.46. The monoisotopic (exact) mass is 343 g/mol. The number of aromatic nitrogens is 1. The van der Waals surface area contributed by atoms with Crippen molar-refractivity contribution < 1.29 is 0 Å². The summed E-state index contributed by atoms with van der Waals surface area (Å²) in [5, 5.41) is 6.61. The first kappa shape index (κ1) is 15.1. The van der Waals surface area contributed by atoms with E-state index >= 15 is 0 Å². The van der Waals surface area contributed by atoms with Crippen molar-refractivity contribution in [3.05, 3.63) is 52.5 Å². The molecule has 3 nitrogen and oxygen atoms in total. The van der Waals surface area contributed by atoms with E-state index in [1.54, 1.807) is 0 Å². The Morgan fingerprint density at radius 3 is 2.70 bits per heavy atom. The summed E-state index contributed by atoms with van der Waals surface area (Å²) in [7, 11) is 0. The first-order valence-corrected chi connectivity index (χ1v) is 9.66. The van der Waals surface area contributed by atoms with Crippen molar-refractivity contribution in [2.45, 2.75) is 50.2 Å². The maximum atomic E-state index is 5.74. The van der Waals surface area contributed by atoms with Crippen molar-refractivity contribution in [2.75, 3.05) is 0 Å². The molecule has 0 radical (unpaired) electrons. The van der Waals surface area contributed by atoms with Crippen molar-refractivity contribution in [1.29, 1.82) is 0 Å². The van der Waals surface area contributed by atoms with Gasteiger partial charge in [-0.1, -0.05) is 31.4 Å². The Balaban J connectivity index is 1.71. The number of pyridine rings is 1. The third kappa shape index (κ3) is 2.88. The molecule has 1 N–H and O–H groups in total. The van der Waals surface area contributed by atoms with Gasteiger partial charge in [0, 0.05) is 17.1 Å². The van der Waals surface area contributed by atoms with E-state index in [1.165, 1.54) is 37.0 Å². The standard InChI is InChI=1S/C18H21N3S2/c22-18-20-16(14-9-4-5-11-19-14)17(15-10-6-12-23-15)21(18)13-7-2-1-3-8-13/h4-6,9-13,16-17H,1-3,7-8H2,(H,20,22)/t16-,17-/m0/s1. The minimum atomic E-state index is 0.143. The second-order valence-corrected chi connectivity index (χ2v) is 7.71. The number of thiocarbonyl (C=S) groups is 1. The molecule has 1 aliphatic carbocycles. The Morgan fingerprint density at radius 2 is 2.00 bits per heavy atom. The van der Waals surface area contributed by atoms with E-state index in [9.17, 15) is 0 Å². The number of hydrogen-bond acceptors (Lipinski definition) is 3. The van der Waals surface area contributed by atoms with Crippen molar-refractivity contribution in [2.24, 2.45) is 0 Å². The van der Waals surface area contributed by atoms with Crippen LogP contribution >= 0.6 is 23.6 Å². The van der Waals surface area contributed by atoms with E-state index in [-0.39, 0.29) is 12.1 Å². The normalized spacial score (nSPS) is 25.6. The van der Waals surface area contributed by atoms with Crippen molar-refractivity contribution in [1.82, 2.24) is 15.2 Å². The molecule has 3 heterocycles. The summed E-state index contributed by atoms with van der Waals surface area (Å²) in [6.07, 6.45) is 8.36. The van der Waals surface area contributed by atoms with E-state index in [0.717, 1.165) is 10.8 Å². The molecule has 23 heavy (non-hydrogen) atoms. The van der Waals surface area contributed by atoms with Gasteiger partial charge in [0.2, 0.25) is 0 Å². The first-order valence-electron chi connectivity index (χ1n) is 8.38. The van der Waals surface area contributed by atoms with E-state index in [4.69, 9.17) is 12.2 Å². The Bertz CT molecular complexity index is 650. The zero-order valence-corrected chi connectivity index (χ0v) is 14.7. The molecular formula is C18H21N3S2. The fourth-order valence-corrected chi connectivity index (χ4v) is 5.13. The molecule has 2 fully saturated rings. The molecule has 2 aliphatic rings. The fourth-order valence-electron chi connectivity index (χ4n) is 3.88. The number of rotatable bonds is 3. The molecular weight excluding hydrogens is 322 g/mol. The van der Waals surface area contributed by atoms with Crippen LogP contribution in [0.2, 0.25) is 0 Å². The number of nitrogens with one attached hydrogen (secondary N) is 1. The summed E-state index contributed by atoms with van der Waals surface area (Å²) in [4.78, 5) is 8.44. The topological polar surface area (TPSA) is 28.2 Å². The van der Waals surface area contributed by atoms with Crippen LogP contribution in [-0.2, 0) is 0 Å². The highest BCUT2D eigenvalue weighted by Gasteiger charge is 2.43. The van der Waals surface area contributed by atoms with Gasteiger partial charge < -0.3 is 10.2 Å². The van der Waals surface area contributed by atoms with Crippen LogP contribution < -0.4 is 5.32 Å². The predicted molar refractivity (Wildman–Crippen MR) is 98.5 cm³/mol. The Labute approximate surface area is 146 Å². The smallest absolute Gasteiger partial charge is 0.170 e. The number of nitrogens with zero attached hydrogens (tertiary/aromatic N) is 2. The molecule has 2 atom stereocenters. The van der Waals surface area contributed by atoms with Crippen molar-refractivity contribution >= 4 is 28.7 Å². The summed E-state index contributed by atoms with van der Waals surface area (Å²) in [5.41, 5.74) is 1.08.